The van der Waals surface area contributed by atoms with Crippen molar-refractivity contribution in [1.29, 1.82) is 0 Å². The molecule has 2 unspecified atom stereocenters. The lowest BCUT2D eigenvalue weighted by molar-refractivity contribution is -0.0174. The van der Waals surface area contributed by atoms with Crippen LogP contribution in [0.25, 0.3) is 0 Å². The maximum atomic E-state index is 6.25. The molecule has 3 heterocycles. The zero-order chi connectivity index (χ0) is 14.2. The fraction of sp³-hybridized carbons (Fsp3) is 0.625. The Hall–Kier alpha value is -0.810. The number of fused-ring (bicyclic) bond motifs is 2. The molecule has 0 aromatic heterocycles. The monoisotopic (exact) mass is 308 g/mol. The minimum absolute atomic E-state index is 0.342. The van der Waals surface area contributed by atoms with E-state index in [1.807, 2.05) is 12.1 Å². The quantitative estimate of drug-likeness (QED) is 0.909. The summed E-state index contributed by atoms with van der Waals surface area (Å²) in [5, 5.41) is 4.42. The van der Waals surface area contributed by atoms with E-state index in [0.717, 1.165) is 35.3 Å². The standard InChI is InChI=1S/C16H21ClN2O2/c17-14-4-12(16-13(5-14)9-20-10-21-16)7-19-6-11-2-1-3-18-15(11)8-19/h4-5,11,15,18H,1-3,6-10H2. The number of hydrogen-bond donors (Lipinski definition) is 1. The van der Waals surface area contributed by atoms with Gasteiger partial charge in [0.05, 0.1) is 6.61 Å². The van der Waals surface area contributed by atoms with Crippen LogP contribution in [0.5, 0.6) is 5.75 Å². The summed E-state index contributed by atoms with van der Waals surface area (Å²) in [5.41, 5.74) is 2.26. The summed E-state index contributed by atoms with van der Waals surface area (Å²) >= 11 is 6.25. The van der Waals surface area contributed by atoms with Crippen LogP contribution in [0.4, 0.5) is 0 Å². The van der Waals surface area contributed by atoms with E-state index in [1.54, 1.807) is 0 Å². The number of hydrogen-bond acceptors (Lipinski definition) is 4. The van der Waals surface area contributed by atoms with Crippen molar-refractivity contribution in [3.05, 3.63) is 28.3 Å². The predicted octanol–water partition coefficient (Wildman–Crippen LogP) is 2.39. The molecule has 21 heavy (non-hydrogen) atoms. The molecule has 0 aliphatic carbocycles. The summed E-state index contributed by atoms with van der Waals surface area (Å²) < 4.78 is 11.1. The van der Waals surface area contributed by atoms with E-state index in [4.69, 9.17) is 21.1 Å². The summed E-state index contributed by atoms with van der Waals surface area (Å²) in [6.07, 6.45) is 2.66. The molecule has 3 aliphatic rings. The molecule has 1 aromatic carbocycles. The smallest absolute Gasteiger partial charge is 0.189 e. The first-order valence-corrected chi connectivity index (χ1v) is 8.15. The summed E-state index contributed by atoms with van der Waals surface area (Å²) in [5.74, 6) is 1.78. The van der Waals surface area contributed by atoms with Gasteiger partial charge in [-0.25, -0.2) is 0 Å². The molecule has 0 bridgehead atoms. The zero-order valence-electron chi connectivity index (χ0n) is 12.1. The Labute approximate surface area is 130 Å². The van der Waals surface area contributed by atoms with Crippen molar-refractivity contribution in [2.45, 2.75) is 32.0 Å². The van der Waals surface area contributed by atoms with Crippen LogP contribution in [0.3, 0.4) is 0 Å². The van der Waals surface area contributed by atoms with Crippen molar-refractivity contribution in [2.24, 2.45) is 5.92 Å². The first-order valence-electron chi connectivity index (χ1n) is 7.77. The highest BCUT2D eigenvalue weighted by atomic mass is 35.5. The van der Waals surface area contributed by atoms with Crippen LogP contribution >= 0.6 is 11.6 Å². The van der Waals surface area contributed by atoms with Crippen LogP contribution in [0.1, 0.15) is 24.0 Å². The van der Waals surface area contributed by atoms with Gasteiger partial charge in [0.1, 0.15) is 5.75 Å². The predicted molar refractivity (Wildman–Crippen MR) is 81.5 cm³/mol. The third-order valence-electron chi connectivity index (χ3n) is 4.82. The largest absolute Gasteiger partial charge is 0.467 e. The molecule has 2 saturated heterocycles. The van der Waals surface area contributed by atoms with Crippen molar-refractivity contribution in [1.82, 2.24) is 10.2 Å². The van der Waals surface area contributed by atoms with Gasteiger partial charge < -0.3 is 14.8 Å². The lowest BCUT2D eigenvalue weighted by Crippen LogP contribution is -2.40. The van der Waals surface area contributed by atoms with Gasteiger partial charge in [-0.3, -0.25) is 4.90 Å². The number of nitrogens with zero attached hydrogens (tertiary/aromatic N) is 1. The minimum Gasteiger partial charge on any atom is -0.467 e. The van der Waals surface area contributed by atoms with E-state index in [9.17, 15) is 0 Å². The van der Waals surface area contributed by atoms with Gasteiger partial charge in [-0.15, -0.1) is 0 Å². The molecule has 114 valence electrons. The molecular formula is C16H21ClN2O2. The van der Waals surface area contributed by atoms with Crippen molar-refractivity contribution in [3.63, 3.8) is 0 Å². The third-order valence-corrected chi connectivity index (χ3v) is 5.04. The van der Waals surface area contributed by atoms with E-state index >= 15 is 0 Å². The first-order chi connectivity index (χ1) is 10.3. The van der Waals surface area contributed by atoms with Gasteiger partial charge in [0.2, 0.25) is 0 Å². The van der Waals surface area contributed by atoms with Gasteiger partial charge in [0, 0.05) is 41.8 Å². The molecule has 4 rings (SSSR count). The molecule has 2 atom stereocenters. The number of benzene rings is 1. The highest BCUT2D eigenvalue weighted by molar-refractivity contribution is 6.30. The molecule has 1 N–H and O–H groups in total. The average molecular weight is 309 g/mol. The van der Waals surface area contributed by atoms with Crippen LogP contribution in [0.15, 0.2) is 12.1 Å². The lowest BCUT2D eigenvalue weighted by Gasteiger charge is -2.24. The maximum absolute atomic E-state index is 6.25. The van der Waals surface area contributed by atoms with Gasteiger partial charge in [0.25, 0.3) is 0 Å². The molecule has 4 nitrogen and oxygen atoms in total. The molecule has 2 fully saturated rings. The fourth-order valence-corrected chi connectivity index (χ4v) is 4.14. The van der Waals surface area contributed by atoms with Crippen LogP contribution in [-0.2, 0) is 17.9 Å². The minimum atomic E-state index is 0.342. The van der Waals surface area contributed by atoms with Crippen molar-refractivity contribution < 1.29 is 9.47 Å². The van der Waals surface area contributed by atoms with Crippen molar-refractivity contribution >= 4 is 11.6 Å². The topological polar surface area (TPSA) is 33.7 Å². The number of likely N-dealkylation sites (tertiary alicyclic amines) is 1. The number of nitrogens with one attached hydrogen (secondary N) is 1. The normalized spacial score (nSPS) is 28.8. The molecule has 0 saturated carbocycles. The van der Waals surface area contributed by atoms with Crippen LogP contribution in [0, 0.1) is 5.92 Å². The average Bonchev–Trinajstić information content (AvgIpc) is 2.89. The van der Waals surface area contributed by atoms with Gasteiger partial charge in [0.15, 0.2) is 6.79 Å². The summed E-state index contributed by atoms with van der Waals surface area (Å²) in [4.78, 5) is 2.53. The Kier molecular flexibility index (Phi) is 3.79. The highest BCUT2D eigenvalue weighted by Gasteiger charge is 2.34. The molecular weight excluding hydrogens is 288 g/mol. The Morgan fingerprint density at radius 2 is 2.29 bits per heavy atom. The number of ether oxygens (including phenoxy) is 2. The number of piperidine rings is 1. The summed E-state index contributed by atoms with van der Waals surface area (Å²) in [6.45, 7) is 5.32. The summed E-state index contributed by atoms with van der Waals surface area (Å²) in [6, 6.07) is 4.66. The first kappa shape index (κ1) is 13.8. The second-order valence-corrected chi connectivity index (χ2v) is 6.76. The second-order valence-electron chi connectivity index (χ2n) is 6.32. The lowest BCUT2D eigenvalue weighted by atomic mass is 9.94. The molecule has 0 amide bonds. The maximum Gasteiger partial charge on any atom is 0.189 e. The van der Waals surface area contributed by atoms with Gasteiger partial charge in [-0.05, 0) is 37.4 Å². The van der Waals surface area contributed by atoms with Gasteiger partial charge in [-0.2, -0.15) is 0 Å². The fourth-order valence-electron chi connectivity index (χ4n) is 3.88. The highest BCUT2D eigenvalue weighted by Crippen LogP contribution is 2.34. The Balaban J connectivity index is 1.53. The van der Waals surface area contributed by atoms with Gasteiger partial charge >= 0.3 is 0 Å². The van der Waals surface area contributed by atoms with E-state index in [1.165, 1.54) is 31.5 Å². The van der Waals surface area contributed by atoms with Crippen LogP contribution in [-0.4, -0.2) is 37.4 Å². The molecule has 0 radical (unpaired) electrons. The van der Waals surface area contributed by atoms with E-state index < -0.39 is 0 Å². The van der Waals surface area contributed by atoms with Gasteiger partial charge in [-0.1, -0.05) is 11.6 Å². The Morgan fingerprint density at radius 1 is 1.33 bits per heavy atom. The van der Waals surface area contributed by atoms with E-state index in [-0.39, 0.29) is 0 Å². The SMILES string of the molecule is Clc1cc2c(c(CN3CC4CCCNC4C3)c1)OCOC2. The Bertz CT molecular complexity index is 523. The van der Waals surface area contributed by atoms with E-state index in [2.05, 4.69) is 10.2 Å². The zero-order valence-corrected chi connectivity index (χ0v) is 12.9. The van der Waals surface area contributed by atoms with Crippen LogP contribution < -0.4 is 10.1 Å². The van der Waals surface area contributed by atoms with Crippen molar-refractivity contribution in [3.8, 4) is 5.75 Å². The molecule has 5 heteroatoms. The molecule has 3 aliphatic heterocycles. The summed E-state index contributed by atoms with van der Waals surface area (Å²) in [7, 11) is 0. The molecule has 0 spiro atoms. The Morgan fingerprint density at radius 3 is 3.19 bits per heavy atom. The second kappa shape index (κ2) is 5.76. The number of halogens is 1. The third kappa shape index (κ3) is 2.78. The van der Waals surface area contributed by atoms with E-state index in [0.29, 0.717) is 19.4 Å². The van der Waals surface area contributed by atoms with Crippen LogP contribution in [0.2, 0.25) is 5.02 Å². The molecule has 1 aromatic rings. The number of rotatable bonds is 2. The van der Waals surface area contributed by atoms with Crippen molar-refractivity contribution in [2.75, 3.05) is 26.4 Å².